The number of aryl methyl sites for hydroxylation is 2. The van der Waals surface area contributed by atoms with Crippen molar-refractivity contribution in [3.05, 3.63) is 54.2 Å². The Labute approximate surface area is 177 Å². The van der Waals surface area contributed by atoms with Crippen molar-refractivity contribution in [2.45, 2.75) is 26.9 Å². The van der Waals surface area contributed by atoms with E-state index in [0.29, 0.717) is 5.84 Å². The summed E-state index contributed by atoms with van der Waals surface area (Å²) in [5.74, 6) is 0.675. The van der Waals surface area contributed by atoms with Crippen LogP contribution < -0.4 is 15.1 Å². The summed E-state index contributed by atoms with van der Waals surface area (Å²) in [4.78, 5) is 5.98. The van der Waals surface area contributed by atoms with Crippen LogP contribution >= 0.6 is 0 Å². The molecule has 0 amide bonds. The fourth-order valence-corrected chi connectivity index (χ4v) is 3.92. The van der Waals surface area contributed by atoms with Gasteiger partial charge in [0.2, 0.25) is 0 Å². The molecule has 4 rings (SSSR count). The maximum atomic E-state index is 8.90. The van der Waals surface area contributed by atoms with E-state index in [2.05, 4.69) is 88.5 Å². The lowest BCUT2D eigenvalue weighted by molar-refractivity contribution is 0.614. The van der Waals surface area contributed by atoms with Crippen molar-refractivity contribution in [3.8, 4) is 11.3 Å². The minimum absolute atomic E-state index is 0.000894. The molecule has 0 saturated heterocycles. The Bertz CT molecular complexity index is 1050. The molecule has 1 aliphatic rings. The fraction of sp³-hybridized carbons (Fsp3) is 0.348. The lowest BCUT2D eigenvalue weighted by Gasteiger charge is -2.32. The molecule has 2 heterocycles. The van der Waals surface area contributed by atoms with E-state index in [-0.39, 0.29) is 12.1 Å². The predicted molar refractivity (Wildman–Crippen MR) is 123 cm³/mol. The number of nitrogens with one attached hydrogen (secondary N) is 2. The van der Waals surface area contributed by atoms with Crippen LogP contribution in [0.4, 0.5) is 17.1 Å². The number of benzene rings is 2. The summed E-state index contributed by atoms with van der Waals surface area (Å²) in [6.45, 7) is 7.03. The molecular formula is C23H29N7. The molecular weight excluding hydrogens is 374 g/mol. The Balaban J connectivity index is 1.92. The standard InChI is InChI=1S/C23H29N7/c1-15-6-9-19(10-7-15)29-14-16(2)23(24)30(17(3)25-4)21-11-8-18(12-22(21)29)20-13-26-28(5)27-20/h6-13,16-17,24-25H,14H2,1-5H3/t16-,17?/m1/s1. The number of hydrogen-bond donors (Lipinski definition) is 2. The predicted octanol–water partition coefficient (Wildman–Crippen LogP) is 3.93. The zero-order valence-electron chi connectivity index (χ0n) is 18.2. The Hall–Kier alpha value is -3.19. The second-order valence-corrected chi connectivity index (χ2v) is 7.99. The third kappa shape index (κ3) is 3.57. The second kappa shape index (κ2) is 7.91. The molecule has 0 saturated carbocycles. The number of aromatic nitrogens is 3. The zero-order valence-corrected chi connectivity index (χ0v) is 18.2. The van der Waals surface area contributed by atoms with Gasteiger partial charge >= 0.3 is 0 Å². The molecule has 1 unspecified atom stereocenters. The highest BCUT2D eigenvalue weighted by Crippen LogP contribution is 2.41. The van der Waals surface area contributed by atoms with Crippen LogP contribution in [-0.4, -0.2) is 40.6 Å². The molecule has 2 atom stereocenters. The monoisotopic (exact) mass is 403 g/mol. The van der Waals surface area contributed by atoms with Crippen molar-refractivity contribution in [2.75, 3.05) is 23.4 Å². The van der Waals surface area contributed by atoms with Crippen LogP contribution in [0.3, 0.4) is 0 Å². The highest BCUT2D eigenvalue weighted by Gasteiger charge is 2.32. The Morgan fingerprint density at radius 3 is 2.50 bits per heavy atom. The second-order valence-electron chi connectivity index (χ2n) is 7.99. The number of anilines is 3. The summed E-state index contributed by atoms with van der Waals surface area (Å²) in [5.41, 5.74) is 6.28. The Morgan fingerprint density at radius 1 is 1.13 bits per heavy atom. The minimum atomic E-state index is -0.000894. The first-order chi connectivity index (χ1) is 14.4. The lowest BCUT2D eigenvalue weighted by atomic mass is 10.1. The quantitative estimate of drug-likeness (QED) is 0.691. The Kier molecular flexibility index (Phi) is 5.30. The summed E-state index contributed by atoms with van der Waals surface area (Å²) >= 11 is 0. The molecule has 7 heteroatoms. The van der Waals surface area contributed by atoms with Crippen LogP contribution in [0.2, 0.25) is 0 Å². The average Bonchev–Trinajstić information content (AvgIpc) is 3.14. The summed E-state index contributed by atoms with van der Waals surface area (Å²) in [6.07, 6.45) is 1.78. The van der Waals surface area contributed by atoms with Crippen molar-refractivity contribution < 1.29 is 0 Å². The van der Waals surface area contributed by atoms with Crippen LogP contribution in [0.15, 0.2) is 48.7 Å². The largest absolute Gasteiger partial charge is 0.339 e. The van der Waals surface area contributed by atoms with Gasteiger partial charge in [0.15, 0.2) is 0 Å². The van der Waals surface area contributed by atoms with Crippen molar-refractivity contribution >= 4 is 22.9 Å². The summed E-state index contributed by atoms with van der Waals surface area (Å²) in [5, 5.41) is 20.9. The van der Waals surface area contributed by atoms with Gasteiger partial charge in [0.05, 0.1) is 23.7 Å². The van der Waals surface area contributed by atoms with Gasteiger partial charge in [-0.2, -0.15) is 15.0 Å². The number of nitrogens with zero attached hydrogens (tertiary/aromatic N) is 5. The first kappa shape index (κ1) is 20.1. The minimum Gasteiger partial charge on any atom is -0.339 e. The van der Waals surface area contributed by atoms with Gasteiger partial charge in [-0.3, -0.25) is 5.41 Å². The summed E-state index contributed by atoms with van der Waals surface area (Å²) in [6, 6.07) is 14.9. The van der Waals surface area contributed by atoms with Crippen LogP contribution in [0.5, 0.6) is 0 Å². The smallest absolute Gasteiger partial charge is 0.113 e. The van der Waals surface area contributed by atoms with Gasteiger partial charge in [-0.25, -0.2) is 0 Å². The fourth-order valence-electron chi connectivity index (χ4n) is 3.92. The number of fused-ring (bicyclic) bond motifs is 1. The van der Waals surface area contributed by atoms with Gasteiger partial charge in [-0.1, -0.05) is 30.7 Å². The highest BCUT2D eigenvalue weighted by atomic mass is 15.4. The maximum Gasteiger partial charge on any atom is 0.113 e. The average molecular weight is 404 g/mol. The van der Waals surface area contributed by atoms with Gasteiger partial charge in [-0.15, -0.1) is 0 Å². The number of rotatable bonds is 4. The van der Waals surface area contributed by atoms with E-state index < -0.39 is 0 Å². The van der Waals surface area contributed by atoms with Crippen LogP contribution in [0.25, 0.3) is 11.3 Å². The normalized spacial score (nSPS) is 17.6. The number of amidine groups is 1. The van der Waals surface area contributed by atoms with Crippen LogP contribution in [-0.2, 0) is 7.05 Å². The SMILES string of the molecule is CNC(C)N1C(=N)[C@H](C)CN(c2ccc(C)cc2)c2cc(-c3cnn(C)n3)ccc21. The number of hydrogen-bond acceptors (Lipinski definition) is 5. The highest BCUT2D eigenvalue weighted by molar-refractivity contribution is 6.03. The molecule has 7 nitrogen and oxygen atoms in total. The van der Waals surface area contributed by atoms with Gasteiger partial charge in [0.1, 0.15) is 11.5 Å². The molecule has 1 aliphatic heterocycles. The summed E-state index contributed by atoms with van der Waals surface area (Å²) < 4.78 is 0. The lowest BCUT2D eigenvalue weighted by Crippen LogP contribution is -2.47. The van der Waals surface area contributed by atoms with Crippen molar-refractivity contribution in [3.63, 3.8) is 0 Å². The topological polar surface area (TPSA) is 73.1 Å². The van der Waals surface area contributed by atoms with E-state index in [1.807, 2.05) is 14.1 Å². The van der Waals surface area contributed by atoms with Crippen molar-refractivity contribution in [1.29, 1.82) is 5.41 Å². The first-order valence-corrected chi connectivity index (χ1v) is 10.3. The van der Waals surface area contributed by atoms with E-state index in [4.69, 9.17) is 5.41 Å². The van der Waals surface area contributed by atoms with Gasteiger partial charge in [0.25, 0.3) is 0 Å². The molecule has 30 heavy (non-hydrogen) atoms. The van der Waals surface area contributed by atoms with E-state index in [0.717, 1.165) is 34.9 Å². The van der Waals surface area contributed by atoms with E-state index in [1.54, 1.807) is 11.0 Å². The first-order valence-electron chi connectivity index (χ1n) is 10.3. The Morgan fingerprint density at radius 2 is 1.87 bits per heavy atom. The van der Waals surface area contributed by atoms with E-state index in [1.165, 1.54) is 5.56 Å². The molecule has 156 valence electrons. The molecule has 0 fully saturated rings. The molecule has 0 aliphatic carbocycles. The van der Waals surface area contributed by atoms with Gasteiger partial charge < -0.3 is 15.1 Å². The van der Waals surface area contributed by atoms with E-state index >= 15 is 0 Å². The molecule has 0 spiro atoms. The van der Waals surface area contributed by atoms with Crippen LogP contribution in [0.1, 0.15) is 19.4 Å². The molecule has 3 aromatic rings. The maximum absolute atomic E-state index is 8.90. The molecule has 0 radical (unpaired) electrons. The molecule has 2 N–H and O–H groups in total. The third-order valence-corrected chi connectivity index (χ3v) is 5.75. The molecule has 2 aromatic carbocycles. The van der Waals surface area contributed by atoms with Gasteiger partial charge in [0, 0.05) is 30.8 Å². The van der Waals surface area contributed by atoms with Crippen molar-refractivity contribution in [2.24, 2.45) is 13.0 Å². The van der Waals surface area contributed by atoms with Crippen molar-refractivity contribution in [1.82, 2.24) is 20.3 Å². The van der Waals surface area contributed by atoms with Gasteiger partial charge in [-0.05, 0) is 45.2 Å². The molecule has 0 bridgehead atoms. The zero-order chi connectivity index (χ0) is 21.4. The third-order valence-electron chi connectivity index (χ3n) is 5.75. The molecule has 1 aromatic heterocycles. The van der Waals surface area contributed by atoms with E-state index in [9.17, 15) is 0 Å². The van der Waals surface area contributed by atoms with Crippen LogP contribution in [0, 0.1) is 18.3 Å². The summed E-state index contributed by atoms with van der Waals surface area (Å²) in [7, 11) is 3.75.